The maximum Gasteiger partial charge on any atom is 0.193 e. The van der Waals surface area contributed by atoms with Crippen LogP contribution in [-0.4, -0.2) is 65.5 Å². The number of benzene rings is 1. The fraction of sp³-hybridized carbons (Fsp3) is 0.500. The average Bonchev–Trinajstić information content (AvgIpc) is 3.12. The number of likely N-dealkylation sites (N-methyl/N-ethyl adjacent to an activating group) is 1. The van der Waals surface area contributed by atoms with Gasteiger partial charge in [0.15, 0.2) is 5.96 Å². The molecule has 1 aromatic carbocycles. The smallest absolute Gasteiger partial charge is 0.193 e. The van der Waals surface area contributed by atoms with Crippen molar-refractivity contribution < 1.29 is 0 Å². The van der Waals surface area contributed by atoms with Gasteiger partial charge in [-0.1, -0.05) is 44.2 Å². The molecular weight excluding hydrogens is 324 g/mol. The normalized spacial score (nSPS) is 13.1. The Hall–Kier alpha value is -2.34. The molecule has 2 aromatic rings. The van der Waals surface area contributed by atoms with E-state index in [0.29, 0.717) is 12.6 Å². The van der Waals surface area contributed by atoms with Crippen molar-refractivity contribution in [3.05, 3.63) is 42.4 Å². The monoisotopic (exact) mass is 356 g/mol. The average molecular weight is 357 g/mol. The Morgan fingerprint density at radius 1 is 1.23 bits per heavy atom. The molecule has 0 radical (unpaired) electrons. The number of hydrogen-bond acceptors (Lipinski definition) is 3. The summed E-state index contributed by atoms with van der Waals surface area (Å²) >= 11 is 0. The molecule has 0 aliphatic rings. The largest absolute Gasteiger partial charge is 0.355 e. The SMILES string of the molecule is CCN(CC)C(C)CNC(=NC)N(C)Cc1ncc(-c2ccccc2)[nH]1. The molecule has 0 spiro atoms. The van der Waals surface area contributed by atoms with Gasteiger partial charge < -0.3 is 15.2 Å². The minimum absolute atomic E-state index is 0.462. The zero-order valence-electron chi connectivity index (χ0n) is 16.7. The lowest BCUT2D eigenvalue weighted by Crippen LogP contribution is -2.46. The van der Waals surface area contributed by atoms with Gasteiger partial charge in [0.1, 0.15) is 5.82 Å². The molecular formula is C20H32N6. The van der Waals surface area contributed by atoms with Gasteiger partial charge >= 0.3 is 0 Å². The fourth-order valence-corrected chi connectivity index (χ4v) is 3.11. The number of H-pyrrole nitrogens is 1. The number of aliphatic imine (C=N–C) groups is 1. The third kappa shape index (κ3) is 5.33. The summed E-state index contributed by atoms with van der Waals surface area (Å²) in [6.45, 7) is 10.3. The van der Waals surface area contributed by atoms with Gasteiger partial charge in [0.05, 0.1) is 18.4 Å². The van der Waals surface area contributed by atoms with Crippen LogP contribution in [0.3, 0.4) is 0 Å². The molecule has 0 amide bonds. The van der Waals surface area contributed by atoms with Gasteiger partial charge in [0.2, 0.25) is 0 Å². The predicted octanol–water partition coefficient (Wildman–Crippen LogP) is 2.81. The Balaban J connectivity index is 1.93. The number of rotatable bonds is 8. The van der Waals surface area contributed by atoms with Gasteiger partial charge in [-0.2, -0.15) is 0 Å². The lowest BCUT2D eigenvalue weighted by Gasteiger charge is -2.28. The Bertz CT molecular complexity index is 675. The molecule has 0 aliphatic carbocycles. The van der Waals surface area contributed by atoms with E-state index in [4.69, 9.17) is 0 Å². The van der Waals surface area contributed by atoms with Gasteiger partial charge in [0, 0.05) is 26.7 Å². The molecule has 1 unspecified atom stereocenters. The van der Waals surface area contributed by atoms with Crippen molar-refractivity contribution in [1.82, 2.24) is 25.1 Å². The summed E-state index contributed by atoms with van der Waals surface area (Å²) in [5.41, 5.74) is 2.18. The first-order valence-corrected chi connectivity index (χ1v) is 9.34. The molecule has 1 heterocycles. The van der Waals surface area contributed by atoms with Gasteiger partial charge in [-0.25, -0.2) is 4.98 Å². The van der Waals surface area contributed by atoms with Crippen LogP contribution >= 0.6 is 0 Å². The Morgan fingerprint density at radius 3 is 2.54 bits per heavy atom. The van der Waals surface area contributed by atoms with Crippen molar-refractivity contribution in [2.45, 2.75) is 33.4 Å². The third-order valence-electron chi connectivity index (χ3n) is 4.66. The standard InChI is InChI=1S/C20H32N6/c1-6-26(7-2)16(3)13-23-20(21-4)25(5)15-19-22-14-18(24-19)17-11-9-8-10-12-17/h8-12,14,16H,6-7,13,15H2,1-5H3,(H,21,23)(H,22,24). The summed E-state index contributed by atoms with van der Waals surface area (Å²) in [5, 5.41) is 3.47. The summed E-state index contributed by atoms with van der Waals surface area (Å²) < 4.78 is 0. The summed E-state index contributed by atoms with van der Waals surface area (Å²) in [6.07, 6.45) is 1.89. The zero-order valence-corrected chi connectivity index (χ0v) is 16.7. The second-order valence-electron chi connectivity index (χ2n) is 6.46. The summed E-state index contributed by atoms with van der Waals surface area (Å²) in [7, 11) is 3.85. The van der Waals surface area contributed by atoms with Crippen LogP contribution in [-0.2, 0) is 6.54 Å². The molecule has 0 bridgehead atoms. The predicted molar refractivity (Wildman–Crippen MR) is 109 cm³/mol. The van der Waals surface area contributed by atoms with Crippen LogP contribution in [0.2, 0.25) is 0 Å². The van der Waals surface area contributed by atoms with E-state index < -0.39 is 0 Å². The van der Waals surface area contributed by atoms with Crippen molar-refractivity contribution in [2.24, 2.45) is 4.99 Å². The van der Waals surface area contributed by atoms with E-state index in [2.05, 4.69) is 63.0 Å². The van der Waals surface area contributed by atoms with Crippen molar-refractivity contribution in [1.29, 1.82) is 0 Å². The lowest BCUT2D eigenvalue weighted by atomic mass is 10.2. The number of aromatic nitrogens is 2. The van der Waals surface area contributed by atoms with Crippen LogP contribution in [0, 0.1) is 0 Å². The fourth-order valence-electron chi connectivity index (χ4n) is 3.11. The lowest BCUT2D eigenvalue weighted by molar-refractivity contribution is 0.230. The maximum atomic E-state index is 4.51. The summed E-state index contributed by atoms with van der Waals surface area (Å²) in [5.74, 6) is 1.80. The highest BCUT2D eigenvalue weighted by atomic mass is 15.3. The number of imidazole rings is 1. The maximum absolute atomic E-state index is 4.51. The minimum atomic E-state index is 0.462. The highest BCUT2D eigenvalue weighted by Gasteiger charge is 2.13. The van der Waals surface area contributed by atoms with Crippen molar-refractivity contribution in [3.8, 4) is 11.3 Å². The second-order valence-corrected chi connectivity index (χ2v) is 6.46. The summed E-state index contributed by atoms with van der Waals surface area (Å²) in [4.78, 5) is 16.8. The molecule has 2 N–H and O–H groups in total. The first-order chi connectivity index (χ1) is 12.6. The van der Waals surface area contributed by atoms with E-state index in [1.807, 2.05) is 38.5 Å². The number of nitrogens with zero attached hydrogens (tertiary/aromatic N) is 4. The van der Waals surface area contributed by atoms with Crippen molar-refractivity contribution >= 4 is 5.96 Å². The van der Waals surface area contributed by atoms with Gasteiger partial charge in [0.25, 0.3) is 0 Å². The molecule has 1 atom stereocenters. The zero-order chi connectivity index (χ0) is 18.9. The van der Waals surface area contributed by atoms with E-state index in [9.17, 15) is 0 Å². The van der Waals surface area contributed by atoms with E-state index in [1.54, 1.807) is 0 Å². The molecule has 6 nitrogen and oxygen atoms in total. The van der Waals surface area contributed by atoms with Crippen LogP contribution in [0.5, 0.6) is 0 Å². The van der Waals surface area contributed by atoms with E-state index in [-0.39, 0.29) is 0 Å². The number of hydrogen-bond donors (Lipinski definition) is 2. The Kier molecular flexibility index (Phi) is 7.66. The van der Waals surface area contributed by atoms with Gasteiger partial charge in [-0.15, -0.1) is 0 Å². The molecule has 0 fully saturated rings. The topological polar surface area (TPSA) is 59.5 Å². The van der Waals surface area contributed by atoms with Gasteiger partial charge in [-0.05, 0) is 25.6 Å². The van der Waals surface area contributed by atoms with Crippen molar-refractivity contribution in [2.75, 3.05) is 33.7 Å². The molecule has 6 heteroatoms. The van der Waals surface area contributed by atoms with Crippen LogP contribution in [0.1, 0.15) is 26.6 Å². The Labute approximate surface area is 157 Å². The second kappa shape index (κ2) is 9.97. The first-order valence-electron chi connectivity index (χ1n) is 9.34. The van der Waals surface area contributed by atoms with E-state index in [0.717, 1.165) is 42.7 Å². The summed E-state index contributed by atoms with van der Waals surface area (Å²) in [6, 6.07) is 10.7. The minimum Gasteiger partial charge on any atom is -0.355 e. The molecule has 1 aromatic heterocycles. The molecule has 0 saturated carbocycles. The van der Waals surface area contributed by atoms with E-state index in [1.165, 1.54) is 0 Å². The van der Waals surface area contributed by atoms with Gasteiger partial charge in [-0.3, -0.25) is 9.89 Å². The molecule has 2 rings (SSSR count). The van der Waals surface area contributed by atoms with Crippen LogP contribution in [0.25, 0.3) is 11.3 Å². The van der Waals surface area contributed by atoms with Crippen LogP contribution in [0.4, 0.5) is 0 Å². The van der Waals surface area contributed by atoms with Crippen LogP contribution < -0.4 is 5.32 Å². The first kappa shape index (κ1) is 20.0. The number of aromatic amines is 1. The third-order valence-corrected chi connectivity index (χ3v) is 4.66. The van der Waals surface area contributed by atoms with Crippen molar-refractivity contribution in [3.63, 3.8) is 0 Å². The highest BCUT2D eigenvalue weighted by Crippen LogP contribution is 2.16. The highest BCUT2D eigenvalue weighted by molar-refractivity contribution is 5.79. The Morgan fingerprint density at radius 2 is 1.92 bits per heavy atom. The molecule has 142 valence electrons. The van der Waals surface area contributed by atoms with Crippen LogP contribution in [0.15, 0.2) is 41.5 Å². The molecule has 0 aliphatic heterocycles. The van der Waals surface area contributed by atoms with E-state index >= 15 is 0 Å². The quantitative estimate of drug-likeness (QED) is 0.564. The molecule has 0 saturated heterocycles. The molecule has 26 heavy (non-hydrogen) atoms. The number of guanidine groups is 1. The number of nitrogens with one attached hydrogen (secondary N) is 2.